The predicted octanol–water partition coefficient (Wildman–Crippen LogP) is 3.19. The van der Waals surface area contributed by atoms with Gasteiger partial charge in [0, 0.05) is 18.2 Å². The zero-order valence-corrected chi connectivity index (χ0v) is 14.5. The van der Waals surface area contributed by atoms with Gasteiger partial charge in [0.05, 0.1) is 35.4 Å². The molecule has 3 heterocycles. The first kappa shape index (κ1) is 15.3. The van der Waals surface area contributed by atoms with Crippen LogP contribution in [-0.4, -0.2) is 46.2 Å². The van der Waals surface area contributed by atoms with E-state index < -0.39 is 0 Å². The highest BCUT2D eigenvalue weighted by Crippen LogP contribution is 2.41. The van der Waals surface area contributed by atoms with E-state index in [2.05, 4.69) is 10.1 Å². The summed E-state index contributed by atoms with van der Waals surface area (Å²) < 4.78 is 11.3. The SMILES string of the molecule is Cc1noc2nc(C3CC3)cc(C(=O)N3CCOC4CCCCC43)c12. The molecule has 6 heteroatoms. The Morgan fingerprint density at radius 2 is 2.08 bits per heavy atom. The van der Waals surface area contributed by atoms with Crippen molar-refractivity contribution in [2.45, 2.75) is 63.5 Å². The van der Waals surface area contributed by atoms with Crippen LogP contribution in [0.1, 0.15) is 66.2 Å². The van der Waals surface area contributed by atoms with Crippen LogP contribution in [0.2, 0.25) is 0 Å². The first-order valence-corrected chi connectivity index (χ1v) is 9.42. The summed E-state index contributed by atoms with van der Waals surface area (Å²) in [6.07, 6.45) is 6.92. The number of hydrogen-bond donors (Lipinski definition) is 0. The molecule has 25 heavy (non-hydrogen) atoms. The van der Waals surface area contributed by atoms with Crippen molar-refractivity contribution in [2.75, 3.05) is 13.2 Å². The highest BCUT2D eigenvalue weighted by Gasteiger charge is 2.38. The molecule has 3 aliphatic rings. The van der Waals surface area contributed by atoms with Crippen LogP contribution in [0.25, 0.3) is 11.1 Å². The summed E-state index contributed by atoms with van der Waals surface area (Å²) in [6.45, 7) is 3.16. The zero-order chi connectivity index (χ0) is 17.0. The van der Waals surface area contributed by atoms with Gasteiger partial charge in [0.25, 0.3) is 11.6 Å². The highest BCUT2D eigenvalue weighted by atomic mass is 16.5. The summed E-state index contributed by atoms with van der Waals surface area (Å²) in [5, 5.41) is 4.82. The number of ether oxygens (including phenoxy) is 1. The fourth-order valence-electron chi connectivity index (χ4n) is 4.37. The van der Waals surface area contributed by atoms with E-state index in [1.165, 1.54) is 12.8 Å². The Bertz CT molecular complexity index is 825. The lowest BCUT2D eigenvalue weighted by molar-refractivity contribution is -0.0752. The summed E-state index contributed by atoms with van der Waals surface area (Å²) >= 11 is 0. The van der Waals surface area contributed by atoms with Gasteiger partial charge in [-0.1, -0.05) is 18.0 Å². The van der Waals surface area contributed by atoms with Gasteiger partial charge < -0.3 is 14.2 Å². The number of aromatic nitrogens is 2. The van der Waals surface area contributed by atoms with Crippen molar-refractivity contribution in [2.24, 2.45) is 0 Å². The lowest BCUT2D eigenvalue weighted by Crippen LogP contribution is -2.54. The molecule has 1 aliphatic heterocycles. The highest BCUT2D eigenvalue weighted by molar-refractivity contribution is 6.06. The van der Waals surface area contributed by atoms with E-state index in [1.807, 2.05) is 17.9 Å². The van der Waals surface area contributed by atoms with E-state index in [9.17, 15) is 4.79 Å². The van der Waals surface area contributed by atoms with Gasteiger partial charge >= 0.3 is 0 Å². The molecule has 0 N–H and O–H groups in total. The molecule has 6 nitrogen and oxygen atoms in total. The number of carbonyl (C=O) groups excluding carboxylic acids is 1. The fourth-order valence-corrected chi connectivity index (χ4v) is 4.37. The molecule has 0 aromatic carbocycles. The number of fused-ring (bicyclic) bond motifs is 2. The molecule has 2 atom stereocenters. The third-order valence-electron chi connectivity index (χ3n) is 5.86. The van der Waals surface area contributed by atoms with Crippen LogP contribution in [0.4, 0.5) is 0 Å². The topological polar surface area (TPSA) is 68.5 Å². The minimum atomic E-state index is 0.0841. The van der Waals surface area contributed by atoms with Crippen LogP contribution in [0.3, 0.4) is 0 Å². The number of aryl methyl sites for hydroxylation is 1. The van der Waals surface area contributed by atoms with Gasteiger partial charge in [0.2, 0.25) is 0 Å². The molecule has 132 valence electrons. The van der Waals surface area contributed by atoms with Gasteiger partial charge in [-0.15, -0.1) is 0 Å². The molecule has 5 rings (SSSR count). The van der Waals surface area contributed by atoms with Crippen molar-refractivity contribution in [3.05, 3.63) is 23.0 Å². The molecular formula is C19H23N3O3. The molecule has 1 amide bonds. The predicted molar refractivity (Wildman–Crippen MR) is 91.5 cm³/mol. The fraction of sp³-hybridized carbons (Fsp3) is 0.632. The van der Waals surface area contributed by atoms with E-state index in [4.69, 9.17) is 9.26 Å². The Morgan fingerprint density at radius 3 is 2.92 bits per heavy atom. The summed E-state index contributed by atoms with van der Waals surface area (Å²) in [7, 11) is 0. The average molecular weight is 341 g/mol. The van der Waals surface area contributed by atoms with Crippen LogP contribution >= 0.6 is 0 Å². The number of nitrogens with zero attached hydrogens (tertiary/aromatic N) is 3. The first-order valence-electron chi connectivity index (χ1n) is 9.42. The van der Waals surface area contributed by atoms with Crippen molar-refractivity contribution in [1.82, 2.24) is 15.0 Å². The molecule has 0 spiro atoms. The normalized spacial score (nSPS) is 26.7. The molecule has 2 saturated carbocycles. The summed E-state index contributed by atoms with van der Waals surface area (Å²) in [6, 6.07) is 2.18. The van der Waals surface area contributed by atoms with Crippen LogP contribution < -0.4 is 0 Å². The number of morpholine rings is 1. The largest absolute Gasteiger partial charge is 0.374 e. The Hall–Kier alpha value is -1.95. The van der Waals surface area contributed by atoms with Gasteiger partial charge in [-0.2, -0.15) is 0 Å². The zero-order valence-electron chi connectivity index (χ0n) is 14.5. The number of carbonyl (C=O) groups is 1. The quantitative estimate of drug-likeness (QED) is 0.839. The van der Waals surface area contributed by atoms with Crippen LogP contribution in [0.15, 0.2) is 10.6 Å². The molecule has 1 saturated heterocycles. The minimum absolute atomic E-state index is 0.0841. The Kier molecular flexibility index (Phi) is 3.55. The van der Waals surface area contributed by atoms with Crippen molar-refractivity contribution in [1.29, 1.82) is 0 Å². The molecule has 2 unspecified atom stereocenters. The number of amides is 1. The second-order valence-electron chi connectivity index (χ2n) is 7.58. The standard InChI is InChI=1S/C19H23N3O3/c1-11-17-13(10-14(12-6-7-12)20-18(17)25-21-11)19(23)22-8-9-24-16-5-3-2-4-15(16)22/h10,12,15-16H,2-9H2,1H3. The van der Waals surface area contributed by atoms with Crippen LogP contribution in [0, 0.1) is 6.92 Å². The van der Waals surface area contributed by atoms with Gasteiger partial charge in [-0.25, -0.2) is 4.98 Å². The van der Waals surface area contributed by atoms with Crippen LogP contribution in [0.5, 0.6) is 0 Å². The minimum Gasteiger partial charge on any atom is -0.374 e. The average Bonchev–Trinajstić information content (AvgIpc) is 3.44. The number of rotatable bonds is 2. The van der Waals surface area contributed by atoms with Gasteiger partial charge in [0.1, 0.15) is 0 Å². The lowest BCUT2D eigenvalue weighted by atomic mass is 9.89. The third kappa shape index (κ3) is 2.54. The molecule has 2 aromatic heterocycles. The molecule has 0 radical (unpaired) electrons. The Labute approximate surface area is 146 Å². The van der Waals surface area contributed by atoms with Gasteiger partial charge in [0.15, 0.2) is 0 Å². The Morgan fingerprint density at radius 1 is 1.24 bits per heavy atom. The number of pyridine rings is 1. The molecule has 0 bridgehead atoms. The smallest absolute Gasteiger partial charge is 0.259 e. The van der Waals surface area contributed by atoms with E-state index >= 15 is 0 Å². The summed E-state index contributed by atoms with van der Waals surface area (Å²) in [4.78, 5) is 20.1. The summed E-state index contributed by atoms with van der Waals surface area (Å²) in [5.41, 5.74) is 2.91. The summed E-state index contributed by atoms with van der Waals surface area (Å²) in [5.74, 6) is 0.550. The second-order valence-corrected chi connectivity index (χ2v) is 7.58. The van der Waals surface area contributed by atoms with Crippen molar-refractivity contribution < 1.29 is 14.1 Å². The second kappa shape index (κ2) is 5.80. The Balaban J connectivity index is 1.57. The molecular weight excluding hydrogens is 318 g/mol. The van der Waals surface area contributed by atoms with E-state index in [0.29, 0.717) is 30.3 Å². The van der Waals surface area contributed by atoms with E-state index in [-0.39, 0.29) is 18.1 Å². The first-order chi connectivity index (χ1) is 12.2. The third-order valence-corrected chi connectivity index (χ3v) is 5.86. The maximum Gasteiger partial charge on any atom is 0.259 e. The molecule has 3 fully saturated rings. The number of hydrogen-bond acceptors (Lipinski definition) is 5. The van der Waals surface area contributed by atoms with Gasteiger partial charge in [-0.05, 0) is 38.7 Å². The van der Waals surface area contributed by atoms with Crippen molar-refractivity contribution in [3.8, 4) is 0 Å². The lowest BCUT2D eigenvalue weighted by Gasteiger charge is -2.43. The van der Waals surface area contributed by atoms with Crippen molar-refractivity contribution in [3.63, 3.8) is 0 Å². The van der Waals surface area contributed by atoms with E-state index in [1.54, 1.807) is 0 Å². The molecule has 2 aliphatic carbocycles. The monoisotopic (exact) mass is 341 g/mol. The van der Waals surface area contributed by atoms with Crippen molar-refractivity contribution >= 4 is 17.0 Å². The van der Waals surface area contributed by atoms with E-state index in [0.717, 1.165) is 42.5 Å². The maximum absolute atomic E-state index is 13.5. The maximum atomic E-state index is 13.5. The molecule has 2 aromatic rings. The van der Waals surface area contributed by atoms with Crippen LogP contribution in [-0.2, 0) is 4.74 Å². The van der Waals surface area contributed by atoms with Gasteiger partial charge in [-0.3, -0.25) is 4.79 Å².